The van der Waals surface area contributed by atoms with Crippen LogP contribution >= 0.6 is 11.8 Å². The van der Waals surface area contributed by atoms with Gasteiger partial charge < -0.3 is 9.84 Å². The minimum absolute atomic E-state index is 0.247. The number of thioether (sulfide) groups is 1. The van der Waals surface area contributed by atoms with Crippen LogP contribution < -0.4 is 0 Å². The molecule has 0 radical (unpaired) electrons. The van der Waals surface area contributed by atoms with Gasteiger partial charge in [-0.2, -0.15) is 4.39 Å². The van der Waals surface area contributed by atoms with Gasteiger partial charge in [-0.25, -0.2) is 9.48 Å². The SMILES string of the molecule is CSc1ccccc1C(=C(c1ccc(C=CC(=O)O)cc1)c1ccc2c(c1)c(F)nn2C1CCCCO1)C1CC1. The van der Waals surface area contributed by atoms with Gasteiger partial charge in [-0.15, -0.1) is 16.9 Å². The lowest BCUT2D eigenvalue weighted by atomic mass is 9.86. The number of ether oxygens (including phenoxy) is 1. The third-order valence-electron chi connectivity index (χ3n) is 7.65. The molecule has 4 aromatic rings. The lowest BCUT2D eigenvalue weighted by Gasteiger charge is -2.23. The molecule has 6 rings (SSSR count). The lowest BCUT2D eigenvalue weighted by Crippen LogP contribution is -2.19. The Morgan fingerprint density at radius 2 is 1.82 bits per heavy atom. The van der Waals surface area contributed by atoms with Gasteiger partial charge in [0.1, 0.15) is 0 Å². The maximum atomic E-state index is 15.4. The first-order valence-electron chi connectivity index (χ1n) is 13.7. The number of carboxylic acid groups (broad SMARTS) is 1. The molecule has 1 atom stereocenters. The second kappa shape index (κ2) is 11.4. The number of carboxylic acids is 1. The van der Waals surface area contributed by atoms with E-state index in [2.05, 4.69) is 41.7 Å². The van der Waals surface area contributed by atoms with E-state index in [0.717, 1.165) is 66.0 Å². The van der Waals surface area contributed by atoms with Gasteiger partial charge in [0.25, 0.3) is 0 Å². The smallest absolute Gasteiger partial charge is 0.328 e. The molecular weight excluding hydrogens is 523 g/mol. The Bertz CT molecular complexity index is 1610. The zero-order valence-corrected chi connectivity index (χ0v) is 23.2. The zero-order chi connectivity index (χ0) is 27.6. The summed E-state index contributed by atoms with van der Waals surface area (Å²) < 4.78 is 23.0. The summed E-state index contributed by atoms with van der Waals surface area (Å²) in [5.74, 6) is -1.06. The monoisotopic (exact) mass is 554 g/mol. The number of rotatable bonds is 8. The van der Waals surface area contributed by atoms with E-state index in [1.807, 2.05) is 36.4 Å². The standard InChI is InChI=1S/C33H31FN2O3S/c1-40-28-7-3-2-6-25(28)32(23-14-15-23)31(22-12-9-21(10-13-22)11-18-30(37)38)24-16-17-27-26(20-24)33(34)35-36(27)29-8-4-5-19-39-29/h2-3,6-7,9-13,16-18,20,23,29H,4-5,8,14-15,19H2,1H3,(H,37,38). The normalized spacial score (nSPS) is 18.3. The van der Waals surface area contributed by atoms with Crippen molar-refractivity contribution in [2.75, 3.05) is 12.9 Å². The van der Waals surface area contributed by atoms with E-state index < -0.39 is 11.9 Å². The lowest BCUT2D eigenvalue weighted by molar-refractivity contribution is -0.131. The molecule has 0 spiro atoms. The molecule has 2 aliphatic rings. The zero-order valence-electron chi connectivity index (χ0n) is 22.3. The van der Waals surface area contributed by atoms with Crippen molar-refractivity contribution < 1.29 is 19.0 Å². The fourth-order valence-electron chi connectivity index (χ4n) is 5.60. The number of benzene rings is 3. The largest absolute Gasteiger partial charge is 0.478 e. The predicted molar refractivity (Wildman–Crippen MR) is 159 cm³/mol. The highest BCUT2D eigenvalue weighted by atomic mass is 32.2. The molecule has 40 heavy (non-hydrogen) atoms. The fourth-order valence-corrected chi connectivity index (χ4v) is 6.21. The third-order valence-corrected chi connectivity index (χ3v) is 8.44. The molecule has 1 saturated heterocycles. The summed E-state index contributed by atoms with van der Waals surface area (Å²) in [5.41, 5.74) is 7.02. The van der Waals surface area contributed by atoms with Crippen LogP contribution in [0.4, 0.5) is 4.39 Å². The van der Waals surface area contributed by atoms with Crippen molar-refractivity contribution in [1.82, 2.24) is 9.78 Å². The Morgan fingerprint density at radius 1 is 1.05 bits per heavy atom. The Labute approximate surface area is 237 Å². The second-order valence-electron chi connectivity index (χ2n) is 10.3. The first kappa shape index (κ1) is 26.5. The molecule has 1 aliphatic carbocycles. The number of hydrogen-bond acceptors (Lipinski definition) is 4. The second-order valence-corrected chi connectivity index (χ2v) is 11.2. The molecule has 1 N–H and O–H groups in total. The van der Waals surface area contributed by atoms with E-state index in [9.17, 15) is 4.79 Å². The Kier molecular flexibility index (Phi) is 7.59. The van der Waals surface area contributed by atoms with E-state index in [1.165, 1.54) is 16.0 Å². The van der Waals surface area contributed by atoms with E-state index in [1.54, 1.807) is 22.5 Å². The fraction of sp³-hybridized carbons (Fsp3) is 0.273. The number of aromatic nitrogens is 2. The van der Waals surface area contributed by atoms with Gasteiger partial charge in [-0.3, -0.25) is 0 Å². The molecular formula is C33H31FN2O3S. The Hall–Kier alpha value is -3.68. The van der Waals surface area contributed by atoms with Crippen molar-refractivity contribution in [1.29, 1.82) is 0 Å². The minimum atomic E-state index is -0.983. The number of fused-ring (bicyclic) bond motifs is 1. The van der Waals surface area contributed by atoms with Crippen LogP contribution in [-0.4, -0.2) is 33.7 Å². The summed E-state index contributed by atoms with van der Waals surface area (Å²) >= 11 is 1.73. The van der Waals surface area contributed by atoms with E-state index >= 15 is 4.39 Å². The van der Waals surface area contributed by atoms with Crippen LogP contribution in [-0.2, 0) is 9.53 Å². The van der Waals surface area contributed by atoms with Gasteiger partial charge in [0, 0.05) is 17.6 Å². The number of carbonyl (C=O) groups is 1. The molecule has 0 amide bonds. The highest BCUT2D eigenvalue weighted by molar-refractivity contribution is 7.98. The highest BCUT2D eigenvalue weighted by Gasteiger charge is 2.32. The Morgan fingerprint density at radius 3 is 2.52 bits per heavy atom. The molecule has 204 valence electrons. The predicted octanol–water partition coefficient (Wildman–Crippen LogP) is 8.06. The number of allylic oxidation sites excluding steroid dienone is 1. The number of aliphatic carboxylic acids is 1. The molecule has 1 saturated carbocycles. The number of hydrogen-bond donors (Lipinski definition) is 1. The van der Waals surface area contributed by atoms with Gasteiger partial charge in [-0.05, 0) is 102 Å². The van der Waals surface area contributed by atoms with Gasteiger partial charge in [0.05, 0.1) is 10.9 Å². The average molecular weight is 555 g/mol. The van der Waals surface area contributed by atoms with Gasteiger partial charge >= 0.3 is 5.97 Å². The summed E-state index contributed by atoms with van der Waals surface area (Å²) in [7, 11) is 0. The van der Waals surface area contributed by atoms with Crippen LogP contribution in [0.2, 0.25) is 0 Å². The average Bonchev–Trinajstić information content (AvgIpc) is 3.78. The highest BCUT2D eigenvalue weighted by Crippen LogP contribution is 2.49. The molecule has 2 heterocycles. The van der Waals surface area contributed by atoms with Gasteiger partial charge in [0.2, 0.25) is 5.95 Å². The molecule has 3 aromatic carbocycles. The molecule has 2 fully saturated rings. The van der Waals surface area contributed by atoms with Crippen molar-refractivity contribution in [3.63, 3.8) is 0 Å². The number of nitrogens with zero attached hydrogens (tertiary/aromatic N) is 2. The van der Waals surface area contributed by atoms with E-state index in [0.29, 0.717) is 17.9 Å². The van der Waals surface area contributed by atoms with E-state index in [-0.39, 0.29) is 6.23 Å². The first-order valence-corrected chi connectivity index (χ1v) is 14.9. The third kappa shape index (κ3) is 5.36. The van der Waals surface area contributed by atoms with Crippen molar-refractivity contribution in [3.05, 3.63) is 101 Å². The summed E-state index contributed by atoms with van der Waals surface area (Å²) in [6, 6.07) is 22.3. The van der Waals surface area contributed by atoms with Crippen LogP contribution in [0.3, 0.4) is 0 Å². The topological polar surface area (TPSA) is 64.3 Å². The van der Waals surface area contributed by atoms with E-state index in [4.69, 9.17) is 9.84 Å². The van der Waals surface area contributed by atoms with Crippen LogP contribution in [0.1, 0.15) is 60.6 Å². The first-order chi connectivity index (χ1) is 19.5. The van der Waals surface area contributed by atoms with Crippen LogP contribution in [0, 0.1) is 11.9 Å². The molecule has 7 heteroatoms. The van der Waals surface area contributed by atoms with Gasteiger partial charge in [0.15, 0.2) is 6.23 Å². The van der Waals surface area contributed by atoms with Crippen molar-refractivity contribution in [2.45, 2.75) is 43.2 Å². The minimum Gasteiger partial charge on any atom is -0.478 e. The van der Waals surface area contributed by atoms with Crippen molar-refractivity contribution >= 4 is 45.9 Å². The summed E-state index contributed by atoms with van der Waals surface area (Å²) in [6.07, 6.45) is 9.66. The molecule has 1 aromatic heterocycles. The summed E-state index contributed by atoms with van der Waals surface area (Å²) in [5, 5.41) is 13.8. The van der Waals surface area contributed by atoms with Crippen molar-refractivity contribution in [3.8, 4) is 0 Å². The molecule has 0 bridgehead atoms. The van der Waals surface area contributed by atoms with Crippen molar-refractivity contribution in [2.24, 2.45) is 5.92 Å². The molecule has 5 nitrogen and oxygen atoms in total. The van der Waals surface area contributed by atoms with Crippen LogP contribution in [0.25, 0.3) is 28.1 Å². The Balaban J connectivity index is 1.54. The summed E-state index contributed by atoms with van der Waals surface area (Å²) in [4.78, 5) is 12.2. The maximum Gasteiger partial charge on any atom is 0.328 e. The van der Waals surface area contributed by atoms with Crippen LogP contribution in [0.5, 0.6) is 0 Å². The van der Waals surface area contributed by atoms with Gasteiger partial charge in [-0.1, -0.05) is 48.5 Å². The number of halogens is 1. The quantitative estimate of drug-likeness (QED) is 0.136. The summed E-state index contributed by atoms with van der Waals surface area (Å²) in [6.45, 7) is 0.663. The van der Waals surface area contributed by atoms with Crippen LogP contribution in [0.15, 0.2) is 77.7 Å². The maximum absolute atomic E-state index is 15.4. The molecule has 1 aliphatic heterocycles. The molecule has 1 unspecified atom stereocenters.